The van der Waals surface area contributed by atoms with E-state index in [1.165, 1.54) is 0 Å². The van der Waals surface area contributed by atoms with E-state index in [0.717, 1.165) is 30.9 Å². The molecule has 0 spiro atoms. The molecule has 102 valence electrons. The Morgan fingerprint density at radius 3 is 3.21 bits per heavy atom. The van der Waals surface area contributed by atoms with Gasteiger partial charge in [-0.05, 0) is 32.0 Å². The Morgan fingerprint density at radius 1 is 1.47 bits per heavy atom. The summed E-state index contributed by atoms with van der Waals surface area (Å²) in [5.41, 5.74) is 0.977. The van der Waals surface area contributed by atoms with Gasteiger partial charge in [0.1, 0.15) is 5.75 Å². The fraction of sp³-hybridized carbons (Fsp3) is 0.533. The first-order valence-electron chi connectivity index (χ1n) is 7.05. The molecule has 1 amide bonds. The van der Waals surface area contributed by atoms with Crippen LogP contribution in [-0.2, 0) is 4.79 Å². The second kappa shape index (κ2) is 5.21. The van der Waals surface area contributed by atoms with Crippen molar-refractivity contribution in [3.63, 3.8) is 0 Å². The van der Waals surface area contributed by atoms with Crippen molar-refractivity contribution in [3.8, 4) is 5.75 Å². The van der Waals surface area contributed by atoms with Crippen molar-refractivity contribution in [3.05, 3.63) is 24.3 Å². The molecule has 2 aliphatic heterocycles. The van der Waals surface area contributed by atoms with Crippen LogP contribution in [0.25, 0.3) is 0 Å². The molecule has 0 bridgehead atoms. The number of rotatable bonds is 3. The molecule has 19 heavy (non-hydrogen) atoms. The summed E-state index contributed by atoms with van der Waals surface area (Å²) in [7, 11) is 0. The van der Waals surface area contributed by atoms with Crippen molar-refractivity contribution in [2.75, 3.05) is 24.6 Å². The number of fused-ring (bicyclic) bond motifs is 1. The predicted molar refractivity (Wildman–Crippen MR) is 74.5 cm³/mol. The quantitative estimate of drug-likeness (QED) is 0.901. The highest BCUT2D eigenvalue weighted by Gasteiger charge is 2.41. The Morgan fingerprint density at radius 2 is 2.37 bits per heavy atom. The van der Waals surface area contributed by atoms with Gasteiger partial charge in [-0.3, -0.25) is 4.79 Å². The third-order valence-corrected chi connectivity index (χ3v) is 4.01. The van der Waals surface area contributed by atoms with Gasteiger partial charge in [0.15, 0.2) is 0 Å². The number of ether oxygens (including phenoxy) is 1. The lowest BCUT2D eigenvalue weighted by Crippen LogP contribution is -2.44. The average molecular weight is 260 g/mol. The number of hydrogen-bond acceptors (Lipinski definition) is 3. The van der Waals surface area contributed by atoms with Crippen LogP contribution < -0.4 is 15.0 Å². The molecule has 1 aromatic rings. The molecule has 1 N–H and O–H groups in total. The van der Waals surface area contributed by atoms with Crippen LogP contribution in [0.15, 0.2) is 24.3 Å². The number of nitrogens with one attached hydrogen (secondary N) is 1. The van der Waals surface area contributed by atoms with Gasteiger partial charge < -0.3 is 15.0 Å². The van der Waals surface area contributed by atoms with Gasteiger partial charge in [0.05, 0.1) is 6.61 Å². The minimum absolute atomic E-state index is 0.243. The van der Waals surface area contributed by atoms with Gasteiger partial charge in [0.25, 0.3) is 0 Å². The van der Waals surface area contributed by atoms with Crippen molar-refractivity contribution in [1.29, 1.82) is 0 Å². The van der Waals surface area contributed by atoms with E-state index in [1.807, 2.05) is 36.1 Å². The molecule has 0 radical (unpaired) electrons. The van der Waals surface area contributed by atoms with E-state index in [1.54, 1.807) is 0 Å². The number of hydrogen-bond donors (Lipinski definition) is 1. The second-order valence-electron chi connectivity index (χ2n) is 5.22. The van der Waals surface area contributed by atoms with Crippen molar-refractivity contribution in [1.82, 2.24) is 5.32 Å². The van der Waals surface area contributed by atoms with Crippen molar-refractivity contribution in [2.45, 2.75) is 25.8 Å². The maximum Gasteiger partial charge on any atom is 0.227 e. The van der Waals surface area contributed by atoms with Gasteiger partial charge in [0.2, 0.25) is 5.91 Å². The molecule has 2 fully saturated rings. The van der Waals surface area contributed by atoms with E-state index in [4.69, 9.17) is 4.74 Å². The van der Waals surface area contributed by atoms with Crippen LogP contribution in [0.5, 0.6) is 5.75 Å². The summed E-state index contributed by atoms with van der Waals surface area (Å²) >= 11 is 0. The lowest BCUT2D eigenvalue weighted by Gasteiger charge is -2.32. The summed E-state index contributed by atoms with van der Waals surface area (Å²) in [6.07, 6.45) is 1.70. The van der Waals surface area contributed by atoms with E-state index < -0.39 is 0 Å². The predicted octanol–water partition coefficient (Wildman–Crippen LogP) is 1.80. The number of piperidine rings is 1. The van der Waals surface area contributed by atoms with Gasteiger partial charge >= 0.3 is 0 Å². The zero-order valence-electron chi connectivity index (χ0n) is 11.3. The maximum atomic E-state index is 12.3. The first-order valence-corrected chi connectivity index (χ1v) is 7.05. The van der Waals surface area contributed by atoms with Crippen LogP contribution in [0, 0.1) is 5.92 Å². The second-order valence-corrected chi connectivity index (χ2v) is 5.22. The summed E-state index contributed by atoms with van der Waals surface area (Å²) in [6, 6.07) is 8.23. The molecular formula is C15H20N2O2. The minimum atomic E-state index is 0.243. The van der Waals surface area contributed by atoms with Crippen LogP contribution >= 0.6 is 0 Å². The molecule has 2 heterocycles. The molecule has 1 aromatic carbocycles. The molecule has 2 unspecified atom stereocenters. The number of carbonyl (C=O) groups is 1. The topological polar surface area (TPSA) is 41.6 Å². The van der Waals surface area contributed by atoms with Crippen LogP contribution in [0.3, 0.4) is 0 Å². The molecular weight excluding hydrogens is 240 g/mol. The molecule has 4 heteroatoms. The molecule has 2 aliphatic rings. The largest absolute Gasteiger partial charge is 0.494 e. The lowest BCUT2D eigenvalue weighted by molar-refractivity contribution is -0.117. The van der Waals surface area contributed by atoms with Gasteiger partial charge in [0, 0.05) is 36.7 Å². The first kappa shape index (κ1) is 12.5. The number of amides is 1. The molecule has 4 nitrogen and oxygen atoms in total. The van der Waals surface area contributed by atoms with Crippen molar-refractivity contribution < 1.29 is 9.53 Å². The number of carbonyl (C=O) groups excluding carboxylic acids is 1. The molecule has 2 atom stereocenters. The summed E-state index contributed by atoms with van der Waals surface area (Å²) < 4.78 is 5.53. The number of benzene rings is 1. The van der Waals surface area contributed by atoms with Crippen molar-refractivity contribution >= 4 is 11.6 Å². The average Bonchev–Trinajstić information content (AvgIpc) is 2.75. The van der Waals surface area contributed by atoms with E-state index in [0.29, 0.717) is 25.0 Å². The van der Waals surface area contributed by atoms with Crippen LogP contribution in [0.1, 0.15) is 19.8 Å². The van der Waals surface area contributed by atoms with Crippen LogP contribution in [-0.4, -0.2) is 31.6 Å². The molecule has 3 rings (SSSR count). The first-order chi connectivity index (χ1) is 9.29. The smallest absolute Gasteiger partial charge is 0.227 e. The van der Waals surface area contributed by atoms with E-state index in [2.05, 4.69) is 5.32 Å². The molecule has 2 saturated heterocycles. The zero-order chi connectivity index (χ0) is 13.2. The van der Waals surface area contributed by atoms with E-state index in [-0.39, 0.29) is 5.91 Å². The summed E-state index contributed by atoms with van der Waals surface area (Å²) in [6.45, 7) is 4.57. The lowest BCUT2D eigenvalue weighted by atomic mass is 9.94. The Labute approximate surface area is 113 Å². The monoisotopic (exact) mass is 260 g/mol. The normalized spacial score (nSPS) is 26.4. The fourth-order valence-corrected chi connectivity index (χ4v) is 3.19. The molecule has 0 saturated carbocycles. The van der Waals surface area contributed by atoms with Gasteiger partial charge in [-0.2, -0.15) is 0 Å². The highest BCUT2D eigenvalue weighted by Crippen LogP contribution is 2.35. The number of nitrogens with zero attached hydrogens (tertiary/aromatic N) is 1. The number of anilines is 1. The summed E-state index contributed by atoms with van der Waals surface area (Å²) in [4.78, 5) is 14.2. The molecule has 0 aromatic heterocycles. The Hall–Kier alpha value is -1.55. The van der Waals surface area contributed by atoms with Gasteiger partial charge in [-0.1, -0.05) is 6.07 Å². The Balaban J connectivity index is 1.87. The van der Waals surface area contributed by atoms with E-state index in [9.17, 15) is 4.79 Å². The maximum absolute atomic E-state index is 12.3. The summed E-state index contributed by atoms with van der Waals surface area (Å²) in [5.74, 6) is 1.54. The third-order valence-electron chi connectivity index (χ3n) is 4.01. The Kier molecular flexibility index (Phi) is 3.42. The Bertz CT molecular complexity index is 475. The van der Waals surface area contributed by atoms with Gasteiger partial charge in [-0.15, -0.1) is 0 Å². The highest BCUT2D eigenvalue weighted by molar-refractivity contribution is 5.96. The SMILES string of the molecule is CCOc1cccc(N2C(=O)CC3CNCCC32)c1. The standard InChI is InChI=1S/C15H20N2O2/c1-2-19-13-5-3-4-12(9-13)17-14-6-7-16-10-11(14)8-15(17)18/h3-5,9,11,14,16H,2,6-8,10H2,1H3. The van der Waals surface area contributed by atoms with E-state index >= 15 is 0 Å². The summed E-state index contributed by atoms with van der Waals surface area (Å²) in [5, 5.41) is 3.38. The molecule has 0 aliphatic carbocycles. The van der Waals surface area contributed by atoms with Crippen molar-refractivity contribution in [2.24, 2.45) is 5.92 Å². The minimum Gasteiger partial charge on any atom is -0.494 e. The highest BCUT2D eigenvalue weighted by atomic mass is 16.5. The fourth-order valence-electron chi connectivity index (χ4n) is 3.19. The van der Waals surface area contributed by atoms with Gasteiger partial charge in [-0.25, -0.2) is 0 Å². The third kappa shape index (κ3) is 2.32. The van der Waals surface area contributed by atoms with Crippen LogP contribution in [0.4, 0.5) is 5.69 Å². The zero-order valence-corrected chi connectivity index (χ0v) is 11.3. The van der Waals surface area contributed by atoms with Crippen LogP contribution in [0.2, 0.25) is 0 Å².